The van der Waals surface area contributed by atoms with Crippen LogP contribution in [0.5, 0.6) is 0 Å². The fraction of sp³-hybridized carbons (Fsp3) is 0.0500. The van der Waals surface area contributed by atoms with E-state index < -0.39 is 0 Å². The Morgan fingerprint density at radius 1 is 1.12 bits per heavy atom. The molecule has 128 valence electrons. The number of fused-ring (bicyclic) bond motifs is 1. The van der Waals surface area contributed by atoms with Crippen LogP contribution in [-0.2, 0) is 0 Å². The topological polar surface area (TPSA) is 59.3 Å². The first-order valence-electron chi connectivity index (χ1n) is 8.09. The molecule has 2 heterocycles. The molecule has 5 nitrogen and oxygen atoms in total. The molecule has 1 amide bonds. The molecular weight excluding hydrogens is 392 g/mol. The summed E-state index contributed by atoms with van der Waals surface area (Å²) in [6, 6.07) is 16.8. The summed E-state index contributed by atoms with van der Waals surface area (Å²) in [6.45, 7) is 2.00. The predicted octanol–water partition coefficient (Wildman–Crippen LogP) is 4.72. The van der Waals surface area contributed by atoms with Gasteiger partial charge in [0.15, 0.2) is 0 Å². The van der Waals surface area contributed by atoms with Crippen LogP contribution in [0.15, 0.2) is 71.5 Å². The van der Waals surface area contributed by atoms with E-state index in [4.69, 9.17) is 0 Å². The fourth-order valence-corrected chi connectivity index (χ4v) is 3.25. The third-order valence-corrected chi connectivity index (χ3v) is 4.62. The smallest absolute Gasteiger partial charge is 0.255 e. The Labute approximate surface area is 158 Å². The van der Waals surface area contributed by atoms with Gasteiger partial charge in [0.1, 0.15) is 0 Å². The van der Waals surface area contributed by atoms with Crippen LogP contribution in [0.4, 0.5) is 5.69 Å². The standard InChI is InChI=1S/C20H15BrN4O/c1-13-18(24-20-22-9-4-10-25(13)20)14-5-3-8-17(12-14)23-19(26)15-6-2-7-16(21)11-15/h2-12H,1H3,(H,23,26). The number of halogens is 1. The van der Waals surface area contributed by atoms with Crippen LogP contribution >= 0.6 is 15.9 Å². The predicted molar refractivity (Wildman–Crippen MR) is 105 cm³/mol. The lowest BCUT2D eigenvalue weighted by Gasteiger charge is -2.07. The van der Waals surface area contributed by atoms with Gasteiger partial charge in [0.25, 0.3) is 5.91 Å². The van der Waals surface area contributed by atoms with Crippen molar-refractivity contribution in [2.45, 2.75) is 6.92 Å². The molecule has 6 heteroatoms. The third kappa shape index (κ3) is 3.11. The summed E-state index contributed by atoms with van der Waals surface area (Å²) in [5, 5.41) is 2.94. The van der Waals surface area contributed by atoms with E-state index >= 15 is 0 Å². The zero-order chi connectivity index (χ0) is 18.1. The number of anilines is 1. The van der Waals surface area contributed by atoms with Crippen molar-refractivity contribution in [3.05, 3.63) is 82.7 Å². The quantitative estimate of drug-likeness (QED) is 0.535. The number of rotatable bonds is 3. The normalized spacial score (nSPS) is 10.8. The highest BCUT2D eigenvalue weighted by atomic mass is 79.9. The van der Waals surface area contributed by atoms with Crippen molar-refractivity contribution >= 4 is 33.3 Å². The SMILES string of the molecule is Cc1c(-c2cccc(NC(=O)c3cccc(Br)c3)c2)nc2ncccn12. The molecule has 0 aliphatic rings. The van der Waals surface area contributed by atoms with Crippen LogP contribution in [0.2, 0.25) is 0 Å². The average molecular weight is 407 g/mol. The lowest BCUT2D eigenvalue weighted by atomic mass is 10.1. The minimum absolute atomic E-state index is 0.156. The second kappa shape index (κ2) is 6.72. The number of benzene rings is 2. The number of nitrogens with one attached hydrogen (secondary N) is 1. The van der Waals surface area contributed by atoms with Gasteiger partial charge in [-0.3, -0.25) is 9.20 Å². The van der Waals surface area contributed by atoms with E-state index in [1.807, 2.05) is 60.0 Å². The van der Waals surface area contributed by atoms with Gasteiger partial charge in [0, 0.05) is 39.4 Å². The number of carbonyl (C=O) groups is 1. The van der Waals surface area contributed by atoms with Gasteiger partial charge in [-0.2, -0.15) is 0 Å². The van der Waals surface area contributed by atoms with Gasteiger partial charge in [-0.1, -0.05) is 34.1 Å². The van der Waals surface area contributed by atoms with Crippen molar-refractivity contribution in [2.75, 3.05) is 5.32 Å². The number of carbonyl (C=O) groups excluding carboxylic acids is 1. The molecule has 4 rings (SSSR count). The highest BCUT2D eigenvalue weighted by Gasteiger charge is 2.12. The van der Waals surface area contributed by atoms with Crippen LogP contribution in [-0.4, -0.2) is 20.3 Å². The van der Waals surface area contributed by atoms with E-state index in [9.17, 15) is 4.79 Å². The number of amides is 1. The first-order chi connectivity index (χ1) is 12.6. The molecule has 0 radical (unpaired) electrons. The van der Waals surface area contributed by atoms with E-state index in [-0.39, 0.29) is 5.91 Å². The summed E-state index contributed by atoms with van der Waals surface area (Å²) in [7, 11) is 0. The molecule has 0 saturated heterocycles. The highest BCUT2D eigenvalue weighted by Crippen LogP contribution is 2.26. The summed E-state index contributed by atoms with van der Waals surface area (Å²) in [5.74, 6) is 0.500. The van der Waals surface area contributed by atoms with Crippen LogP contribution in [0.3, 0.4) is 0 Å². The number of aromatic nitrogens is 3. The maximum Gasteiger partial charge on any atom is 0.255 e. The Balaban J connectivity index is 1.66. The van der Waals surface area contributed by atoms with Crippen molar-refractivity contribution < 1.29 is 4.79 Å². The number of hydrogen-bond donors (Lipinski definition) is 1. The maximum absolute atomic E-state index is 12.5. The molecule has 2 aromatic heterocycles. The number of imidazole rings is 1. The van der Waals surface area contributed by atoms with Gasteiger partial charge in [0.2, 0.25) is 5.78 Å². The van der Waals surface area contributed by atoms with Crippen molar-refractivity contribution in [3.63, 3.8) is 0 Å². The van der Waals surface area contributed by atoms with Gasteiger partial charge in [-0.15, -0.1) is 0 Å². The van der Waals surface area contributed by atoms with Crippen molar-refractivity contribution in [3.8, 4) is 11.3 Å². The zero-order valence-corrected chi connectivity index (χ0v) is 15.6. The Kier molecular flexibility index (Phi) is 4.26. The second-order valence-corrected chi connectivity index (χ2v) is 6.80. The molecule has 0 bridgehead atoms. The van der Waals surface area contributed by atoms with E-state index in [1.54, 1.807) is 18.3 Å². The van der Waals surface area contributed by atoms with Crippen LogP contribution < -0.4 is 5.32 Å². The van der Waals surface area contributed by atoms with Gasteiger partial charge in [-0.05, 0) is 43.3 Å². The summed E-state index contributed by atoms with van der Waals surface area (Å²) < 4.78 is 2.81. The molecule has 26 heavy (non-hydrogen) atoms. The molecule has 2 aromatic carbocycles. The van der Waals surface area contributed by atoms with Crippen molar-refractivity contribution in [2.24, 2.45) is 0 Å². The lowest BCUT2D eigenvalue weighted by Crippen LogP contribution is -2.11. The maximum atomic E-state index is 12.5. The first kappa shape index (κ1) is 16.5. The number of aryl methyl sites for hydroxylation is 1. The second-order valence-electron chi connectivity index (χ2n) is 5.88. The molecule has 1 N–H and O–H groups in total. The van der Waals surface area contributed by atoms with E-state index in [0.29, 0.717) is 11.3 Å². The van der Waals surface area contributed by atoms with E-state index in [2.05, 4.69) is 31.2 Å². The Morgan fingerprint density at radius 3 is 2.77 bits per heavy atom. The molecule has 0 aliphatic heterocycles. The third-order valence-electron chi connectivity index (χ3n) is 4.12. The monoisotopic (exact) mass is 406 g/mol. The molecule has 0 atom stereocenters. The molecule has 0 spiro atoms. The van der Waals surface area contributed by atoms with E-state index in [1.165, 1.54) is 0 Å². The molecule has 0 saturated carbocycles. The summed E-state index contributed by atoms with van der Waals surface area (Å²) in [4.78, 5) is 21.4. The lowest BCUT2D eigenvalue weighted by molar-refractivity contribution is 0.102. The average Bonchev–Trinajstić information content (AvgIpc) is 2.99. The molecule has 0 fully saturated rings. The molecule has 4 aromatic rings. The summed E-state index contributed by atoms with van der Waals surface area (Å²) >= 11 is 3.39. The van der Waals surface area contributed by atoms with Crippen molar-refractivity contribution in [1.82, 2.24) is 14.4 Å². The molecular formula is C20H15BrN4O. The Hall–Kier alpha value is -2.99. The summed E-state index contributed by atoms with van der Waals surface area (Å²) in [5.41, 5.74) is 4.10. The first-order valence-corrected chi connectivity index (χ1v) is 8.88. The zero-order valence-electron chi connectivity index (χ0n) is 14.0. The Morgan fingerprint density at radius 2 is 1.96 bits per heavy atom. The highest BCUT2D eigenvalue weighted by molar-refractivity contribution is 9.10. The minimum Gasteiger partial charge on any atom is -0.322 e. The van der Waals surface area contributed by atoms with Crippen molar-refractivity contribution in [1.29, 1.82) is 0 Å². The number of nitrogens with zero attached hydrogens (tertiary/aromatic N) is 3. The minimum atomic E-state index is -0.156. The van der Waals surface area contributed by atoms with E-state index in [0.717, 1.165) is 27.1 Å². The number of hydrogen-bond acceptors (Lipinski definition) is 3. The van der Waals surface area contributed by atoms with Gasteiger partial charge in [-0.25, -0.2) is 9.97 Å². The molecule has 0 aliphatic carbocycles. The van der Waals surface area contributed by atoms with Crippen LogP contribution in [0, 0.1) is 6.92 Å². The molecule has 0 unspecified atom stereocenters. The van der Waals surface area contributed by atoms with Gasteiger partial charge < -0.3 is 5.32 Å². The Bertz CT molecular complexity index is 1120. The van der Waals surface area contributed by atoms with Gasteiger partial charge >= 0.3 is 0 Å². The van der Waals surface area contributed by atoms with Crippen LogP contribution in [0.25, 0.3) is 17.0 Å². The van der Waals surface area contributed by atoms with Gasteiger partial charge in [0.05, 0.1) is 5.69 Å². The fourth-order valence-electron chi connectivity index (χ4n) is 2.85. The van der Waals surface area contributed by atoms with Crippen LogP contribution in [0.1, 0.15) is 16.1 Å². The summed E-state index contributed by atoms with van der Waals surface area (Å²) in [6.07, 6.45) is 3.66. The largest absolute Gasteiger partial charge is 0.322 e.